The van der Waals surface area contributed by atoms with Crippen molar-refractivity contribution < 1.29 is 9.47 Å². The van der Waals surface area contributed by atoms with E-state index in [1.165, 1.54) is 72.3 Å². The first-order valence-electron chi connectivity index (χ1n) is 24.5. The van der Waals surface area contributed by atoms with Crippen LogP contribution in [0.25, 0.3) is 44.5 Å². The molecule has 3 heteroatoms. The molecule has 15 rings (SSSR count). The Labute approximate surface area is 413 Å². The van der Waals surface area contributed by atoms with Gasteiger partial charge in [-0.2, -0.15) is 0 Å². The van der Waals surface area contributed by atoms with Crippen LogP contribution in [0.3, 0.4) is 0 Å². The van der Waals surface area contributed by atoms with Crippen LogP contribution < -0.4 is 14.4 Å². The van der Waals surface area contributed by atoms with Gasteiger partial charge in [-0.3, -0.25) is 0 Å². The fraction of sp³-hybridized carbons (Fsp3) is 0.0294. The molecule has 71 heavy (non-hydrogen) atoms. The number of nitrogens with zero attached hydrogens (tertiary/aromatic N) is 1. The molecule has 4 aliphatic rings. The van der Waals surface area contributed by atoms with Crippen molar-refractivity contribution in [3.8, 4) is 67.5 Å². The summed E-state index contributed by atoms with van der Waals surface area (Å²) < 4.78 is 14.6. The van der Waals surface area contributed by atoms with Crippen LogP contribution in [-0.4, -0.2) is 0 Å². The minimum absolute atomic E-state index is 0.518. The highest BCUT2D eigenvalue weighted by Gasteiger charge is 2.53. The number of para-hydroxylation sites is 1. The highest BCUT2D eigenvalue weighted by atomic mass is 16.6. The van der Waals surface area contributed by atoms with Gasteiger partial charge in [0.1, 0.15) is 0 Å². The number of anilines is 3. The zero-order valence-corrected chi connectivity index (χ0v) is 38.6. The Kier molecular flexibility index (Phi) is 8.49. The van der Waals surface area contributed by atoms with Gasteiger partial charge in [-0.15, -0.1) is 0 Å². The van der Waals surface area contributed by atoms with Gasteiger partial charge in [-0.25, -0.2) is 0 Å². The minimum Gasteiger partial charge on any atom is -0.449 e. The summed E-state index contributed by atoms with van der Waals surface area (Å²) in [4.78, 5) is 2.36. The van der Waals surface area contributed by atoms with Crippen molar-refractivity contribution in [1.82, 2.24) is 0 Å². The van der Waals surface area contributed by atoms with E-state index >= 15 is 0 Å². The molecular formula is C68H43NO2. The van der Waals surface area contributed by atoms with Gasteiger partial charge in [0.2, 0.25) is 0 Å². The second-order valence-electron chi connectivity index (χ2n) is 19.0. The molecule has 0 saturated heterocycles. The second kappa shape index (κ2) is 15.2. The molecule has 0 radical (unpaired) electrons. The predicted octanol–water partition coefficient (Wildman–Crippen LogP) is 17.4. The van der Waals surface area contributed by atoms with Crippen molar-refractivity contribution in [1.29, 1.82) is 0 Å². The number of rotatable bonds is 6. The molecule has 0 N–H and O–H groups in total. The summed E-state index contributed by atoms with van der Waals surface area (Å²) in [5, 5.41) is 0. The predicted molar refractivity (Wildman–Crippen MR) is 287 cm³/mol. The largest absolute Gasteiger partial charge is 0.449 e. The van der Waals surface area contributed by atoms with Crippen molar-refractivity contribution in [3.05, 3.63) is 305 Å². The zero-order valence-electron chi connectivity index (χ0n) is 38.6. The lowest BCUT2D eigenvalue weighted by Crippen LogP contribution is -2.28. The Morgan fingerprint density at radius 2 is 0.761 bits per heavy atom. The first kappa shape index (κ1) is 39.8. The Morgan fingerprint density at radius 3 is 1.38 bits per heavy atom. The third-order valence-electron chi connectivity index (χ3n) is 15.6. The van der Waals surface area contributed by atoms with E-state index in [4.69, 9.17) is 9.47 Å². The molecule has 1 aliphatic heterocycles. The molecule has 0 amide bonds. The van der Waals surface area contributed by atoms with Gasteiger partial charge in [0.05, 0.1) is 16.5 Å². The van der Waals surface area contributed by atoms with Crippen LogP contribution in [0.15, 0.2) is 261 Å². The fourth-order valence-corrected chi connectivity index (χ4v) is 12.8. The van der Waals surface area contributed by atoms with Crippen LogP contribution in [0, 0.1) is 0 Å². The van der Waals surface area contributed by atoms with E-state index < -0.39 is 10.8 Å². The molecule has 0 saturated carbocycles. The van der Waals surface area contributed by atoms with E-state index in [2.05, 4.69) is 260 Å². The van der Waals surface area contributed by atoms with Crippen LogP contribution in [0.5, 0.6) is 23.0 Å². The van der Waals surface area contributed by atoms with E-state index in [0.29, 0.717) is 17.2 Å². The van der Waals surface area contributed by atoms with Gasteiger partial charge in [0.25, 0.3) is 0 Å². The fourth-order valence-electron chi connectivity index (χ4n) is 12.8. The smallest absolute Gasteiger partial charge is 0.194 e. The highest BCUT2D eigenvalue weighted by molar-refractivity contribution is 5.98. The monoisotopic (exact) mass is 905 g/mol. The Morgan fingerprint density at radius 1 is 0.282 bits per heavy atom. The third-order valence-corrected chi connectivity index (χ3v) is 15.6. The van der Waals surface area contributed by atoms with Crippen molar-refractivity contribution >= 4 is 17.1 Å². The molecule has 3 nitrogen and oxygen atoms in total. The van der Waals surface area contributed by atoms with Crippen molar-refractivity contribution in [2.75, 3.05) is 4.90 Å². The number of hydrogen-bond donors (Lipinski definition) is 0. The maximum atomic E-state index is 7.56. The van der Waals surface area contributed by atoms with Crippen molar-refractivity contribution in [3.63, 3.8) is 0 Å². The molecule has 0 bridgehead atoms. The minimum atomic E-state index is -0.580. The summed E-state index contributed by atoms with van der Waals surface area (Å²) in [5.74, 6) is 2.75. The molecule has 0 unspecified atom stereocenters. The van der Waals surface area contributed by atoms with Crippen molar-refractivity contribution in [2.24, 2.45) is 0 Å². The lowest BCUT2D eigenvalue weighted by molar-refractivity contribution is 0.361. The van der Waals surface area contributed by atoms with E-state index in [9.17, 15) is 0 Å². The molecule has 1 heterocycles. The van der Waals surface area contributed by atoms with Crippen LogP contribution >= 0.6 is 0 Å². The molecule has 1 spiro atoms. The molecule has 11 aromatic carbocycles. The second-order valence-corrected chi connectivity index (χ2v) is 19.0. The summed E-state index contributed by atoms with van der Waals surface area (Å²) in [6.07, 6.45) is 0. The van der Waals surface area contributed by atoms with Gasteiger partial charge >= 0.3 is 0 Å². The first-order chi connectivity index (χ1) is 35.2. The SMILES string of the molecule is c1ccc(-c2ccc(N(c3ccc4c(c3)C(c3ccccc3)(c3ccccc3)c3ccccc3-4)c3cccc4c3Oc3c(ccc5c3-c3ccccc3C53c5ccccc5-c5ccccc53)O4)cc2)cc1. The van der Waals surface area contributed by atoms with Crippen LogP contribution in [0.1, 0.15) is 44.5 Å². The normalized spacial score (nSPS) is 14.1. The van der Waals surface area contributed by atoms with Gasteiger partial charge in [-0.05, 0) is 126 Å². The Hall–Kier alpha value is -9.18. The average molecular weight is 906 g/mol. The maximum absolute atomic E-state index is 7.56. The summed E-state index contributed by atoms with van der Waals surface area (Å²) in [5.41, 5.74) is 21.3. The maximum Gasteiger partial charge on any atom is 0.194 e. The standard InChI is InChI=1S/C68H43NO2/c1-4-19-44(20-5-1)45-35-37-48(38-36-45)69(49-39-40-53-52-27-10-14-29-55(52)67(60(53)43-49,46-21-6-2-7-22-46)47-23-8-3-9-24-47)61-33-18-34-62-65(61)71-66-63(70-62)42-41-59-64(66)54-28-13-17-32-58(54)68(59)56-30-15-11-25-50(56)51-26-12-16-31-57(51)68/h1-43H. The van der Waals surface area contributed by atoms with Gasteiger partial charge in [-0.1, -0.05) is 218 Å². The van der Waals surface area contributed by atoms with Gasteiger partial charge in [0.15, 0.2) is 23.0 Å². The summed E-state index contributed by atoms with van der Waals surface area (Å²) in [6, 6.07) is 94.8. The molecule has 332 valence electrons. The van der Waals surface area contributed by atoms with Crippen molar-refractivity contribution in [2.45, 2.75) is 10.8 Å². The van der Waals surface area contributed by atoms with Crippen LogP contribution in [0.2, 0.25) is 0 Å². The number of benzene rings is 11. The first-order valence-corrected chi connectivity index (χ1v) is 24.5. The number of hydrogen-bond acceptors (Lipinski definition) is 3. The highest BCUT2D eigenvalue weighted by Crippen LogP contribution is 2.67. The zero-order chi connectivity index (χ0) is 46.7. The van der Waals surface area contributed by atoms with E-state index in [1.54, 1.807) is 0 Å². The molecule has 0 fully saturated rings. The lowest BCUT2D eigenvalue weighted by atomic mass is 9.67. The Balaban J connectivity index is 0.952. The van der Waals surface area contributed by atoms with E-state index in [-0.39, 0.29) is 0 Å². The molecule has 3 aliphatic carbocycles. The van der Waals surface area contributed by atoms with Crippen LogP contribution in [-0.2, 0) is 10.8 Å². The molecule has 0 aromatic heterocycles. The number of fused-ring (bicyclic) bond motifs is 16. The van der Waals surface area contributed by atoms with E-state index in [1.807, 2.05) is 6.07 Å². The van der Waals surface area contributed by atoms with Gasteiger partial charge < -0.3 is 14.4 Å². The lowest BCUT2D eigenvalue weighted by Gasteiger charge is -2.35. The van der Waals surface area contributed by atoms with E-state index in [0.717, 1.165) is 39.5 Å². The summed E-state index contributed by atoms with van der Waals surface area (Å²) in [7, 11) is 0. The summed E-state index contributed by atoms with van der Waals surface area (Å²) >= 11 is 0. The number of ether oxygens (including phenoxy) is 2. The quantitative estimate of drug-likeness (QED) is 0.166. The van der Waals surface area contributed by atoms with Gasteiger partial charge in [0, 0.05) is 16.9 Å². The molecular weight excluding hydrogens is 863 g/mol. The average Bonchev–Trinajstić information content (AvgIpc) is 4.04. The third kappa shape index (κ3) is 5.43. The molecule has 11 aromatic rings. The Bertz CT molecular complexity index is 3850. The van der Waals surface area contributed by atoms with Crippen LogP contribution in [0.4, 0.5) is 17.1 Å². The summed E-state index contributed by atoms with van der Waals surface area (Å²) in [6.45, 7) is 0. The molecule has 0 atom stereocenters. The topological polar surface area (TPSA) is 21.7 Å².